The van der Waals surface area contributed by atoms with Crippen molar-refractivity contribution in [3.05, 3.63) is 65.2 Å². The number of carboxylic acids is 1. The first-order valence-electron chi connectivity index (χ1n) is 7.92. The van der Waals surface area contributed by atoms with Crippen LogP contribution in [0.2, 0.25) is 0 Å². The van der Waals surface area contributed by atoms with Gasteiger partial charge in [-0.1, -0.05) is 50.2 Å². The third-order valence-corrected chi connectivity index (χ3v) is 3.58. The second-order valence-electron chi connectivity index (χ2n) is 5.91. The Hall–Kier alpha value is -2.37. The standard InChI is InChI=1S/C19H23NO4/c1-13(2)20-11-17(21)15-8-9-18(16(10-15)19(22)23)24-12-14-6-4-3-5-7-14/h3-10,13,17,20-21H,11-12H2,1-2H3,(H,22,23). The van der Waals surface area contributed by atoms with Gasteiger partial charge in [0.25, 0.3) is 0 Å². The highest BCUT2D eigenvalue weighted by Gasteiger charge is 2.16. The molecule has 0 amide bonds. The van der Waals surface area contributed by atoms with Crippen LogP contribution in [0.25, 0.3) is 0 Å². The van der Waals surface area contributed by atoms with Crippen molar-refractivity contribution in [3.8, 4) is 5.75 Å². The van der Waals surface area contributed by atoms with Gasteiger partial charge in [-0.25, -0.2) is 4.79 Å². The summed E-state index contributed by atoms with van der Waals surface area (Å²) >= 11 is 0. The van der Waals surface area contributed by atoms with Crippen LogP contribution in [0.3, 0.4) is 0 Å². The molecule has 0 spiro atoms. The molecule has 0 saturated heterocycles. The molecule has 5 nitrogen and oxygen atoms in total. The maximum Gasteiger partial charge on any atom is 0.339 e. The lowest BCUT2D eigenvalue weighted by Crippen LogP contribution is -2.28. The fourth-order valence-electron chi connectivity index (χ4n) is 2.25. The molecule has 1 atom stereocenters. The highest BCUT2D eigenvalue weighted by atomic mass is 16.5. The van der Waals surface area contributed by atoms with Gasteiger partial charge in [-0.15, -0.1) is 0 Å². The van der Waals surface area contributed by atoms with Crippen LogP contribution in [0.4, 0.5) is 0 Å². The lowest BCUT2D eigenvalue weighted by atomic mass is 10.0. The summed E-state index contributed by atoms with van der Waals surface area (Å²) in [5.74, 6) is -0.789. The summed E-state index contributed by atoms with van der Waals surface area (Å²) in [5, 5.41) is 22.7. The van der Waals surface area contributed by atoms with Crippen LogP contribution in [0.5, 0.6) is 5.75 Å². The smallest absolute Gasteiger partial charge is 0.339 e. The molecular weight excluding hydrogens is 306 g/mol. The Morgan fingerprint density at radius 2 is 1.88 bits per heavy atom. The number of benzene rings is 2. The molecule has 0 aromatic heterocycles. The number of hydrogen-bond donors (Lipinski definition) is 3. The van der Waals surface area contributed by atoms with Crippen molar-refractivity contribution in [1.29, 1.82) is 0 Å². The molecule has 0 heterocycles. The van der Waals surface area contributed by atoms with E-state index in [1.165, 1.54) is 6.07 Å². The van der Waals surface area contributed by atoms with Gasteiger partial charge < -0.3 is 20.3 Å². The maximum atomic E-state index is 11.5. The molecule has 24 heavy (non-hydrogen) atoms. The van der Waals surface area contributed by atoms with E-state index in [4.69, 9.17) is 4.74 Å². The number of rotatable bonds is 8. The van der Waals surface area contributed by atoms with Gasteiger partial charge in [0.2, 0.25) is 0 Å². The van der Waals surface area contributed by atoms with Crippen LogP contribution >= 0.6 is 0 Å². The number of ether oxygens (including phenoxy) is 1. The van der Waals surface area contributed by atoms with Crippen molar-refractivity contribution in [3.63, 3.8) is 0 Å². The van der Waals surface area contributed by atoms with Gasteiger partial charge >= 0.3 is 5.97 Å². The number of aromatic carboxylic acids is 1. The Morgan fingerprint density at radius 3 is 2.50 bits per heavy atom. The Kier molecular flexibility index (Phi) is 6.35. The molecule has 0 radical (unpaired) electrons. The van der Waals surface area contributed by atoms with Crippen molar-refractivity contribution in [2.45, 2.75) is 32.6 Å². The van der Waals surface area contributed by atoms with Crippen LogP contribution in [-0.4, -0.2) is 28.8 Å². The van der Waals surface area contributed by atoms with Crippen LogP contribution < -0.4 is 10.1 Å². The van der Waals surface area contributed by atoms with E-state index in [0.717, 1.165) is 5.56 Å². The van der Waals surface area contributed by atoms with Gasteiger partial charge in [-0.3, -0.25) is 0 Å². The summed E-state index contributed by atoms with van der Waals surface area (Å²) in [6, 6.07) is 14.5. The van der Waals surface area contributed by atoms with E-state index >= 15 is 0 Å². The Bertz CT molecular complexity index is 670. The molecule has 0 bridgehead atoms. The van der Waals surface area contributed by atoms with E-state index in [-0.39, 0.29) is 18.2 Å². The first-order chi connectivity index (χ1) is 11.5. The number of nitrogens with one attached hydrogen (secondary N) is 1. The van der Waals surface area contributed by atoms with E-state index in [0.29, 0.717) is 17.9 Å². The second-order valence-corrected chi connectivity index (χ2v) is 5.91. The third-order valence-electron chi connectivity index (χ3n) is 3.58. The molecule has 0 aliphatic heterocycles. The molecule has 1 unspecified atom stereocenters. The summed E-state index contributed by atoms with van der Waals surface area (Å²) in [6.45, 7) is 4.62. The zero-order valence-electron chi connectivity index (χ0n) is 13.9. The average Bonchev–Trinajstić information content (AvgIpc) is 2.58. The zero-order valence-corrected chi connectivity index (χ0v) is 13.9. The first-order valence-corrected chi connectivity index (χ1v) is 7.92. The summed E-state index contributed by atoms with van der Waals surface area (Å²) in [6.07, 6.45) is -0.770. The molecule has 128 valence electrons. The van der Waals surface area contributed by atoms with Gasteiger partial charge in [-0.05, 0) is 23.3 Å². The van der Waals surface area contributed by atoms with E-state index in [1.807, 2.05) is 44.2 Å². The largest absolute Gasteiger partial charge is 0.488 e. The molecule has 2 rings (SSSR count). The van der Waals surface area contributed by atoms with Crippen molar-refractivity contribution in [1.82, 2.24) is 5.32 Å². The van der Waals surface area contributed by atoms with Gasteiger partial charge in [0, 0.05) is 12.6 Å². The number of aliphatic hydroxyl groups excluding tert-OH is 1. The second kappa shape index (κ2) is 8.47. The molecule has 5 heteroatoms. The average molecular weight is 329 g/mol. The van der Waals surface area contributed by atoms with Crippen molar-refractivity contribution in [2.75, 3.05) is 6.54 Å². The van der Waals surface area contributed by atoms with Crippen molar-refractivity contribution >= 4 is 5.97 Å². The molecule has 3 N–H and O–H groups in total. The van der Waals surface area contributed by atoms with Crippen LogP contribution in [0.1, 0.15) is 41.4 Å². The minimum absolute atomic E-state index is 0.0482. The first kappa shape index (κ1) is 18.0. The fourth-order valence-corrected chi connectivity index (χ4v) is 2.25. The number of carboxylic acid groups (broad SMARTS) is 1. The summed E-state index contributed by atoms with van der Waals surface area (Å²) in [5.41, 5.74) is 1.55. The lowest BCUT2D eigenvalue weighted by Gasteiger charge is -2.16. The monoisotopic (exact) mass is 329 g/mol. The fraction of sp³-hybridized carbons (Fsp3) is 0.316. The quantitative estimate of drug-likeness (QED) is 0.694. The Balaban J connectivity index is 2.13. The van der Waals surface area contributed by atoms with Gasteiger partial charge in [-0.2, -0.15) is 0 Å². The van der Waals surface area contributed by atoms with Crippen LogP contribution in [0.15, 0.2) is 48.5 Å². The number of aliphatic hydroxyl groups is 1. The Labute approximate surface area is 141 Å². The Morgan fingerprint density at radius 1 is 1.17 bits per heavy atom. The molecule has 0 saturated carbocycles. The molecule has 0 aliphatic rings. The number of hydrogen-bond acceptors (Lipinski definition) is 4. The van der Waals surface area contributed by atoms with Crippen molar-refractivity contribution < 1.29 is 19.7 Å². The van der Waals surface area contributed by atoms with Gasteiger partial charge in [0.1, 0.15) is 17.9 Å². The van der Waals surface area contributed by atoms with Gasteiger partial charge in [0.05, 0.1) is 6.10 Å². The van der Waals surface area contributed by atoms with E-state index < -0.39 is 12.1 Å². The van der Waals surface area contributed by atoms with E-state index in [2.05, 4.69) is 5.32 Å². The summed E-state index contributed by atoms with van der Waals surface area (Å²) in [4.78, 5) is 11.5. The molecular formula is C19H23NO4. The maximum absolute atomic E-state index is 11.5. The molecule has 2 aromatic rings. The van der Waals surface area contributed by atoms with E-state index in [1.54, 1.807) is 12.1 Å². The van der Waals surface area contributed by atoms with Crippen molar-refractivity contribution in [2.24, 2.45) is 0 Å². The summed E-state index contributed by atoms with van der Waals surface area (Å²) < 4.78 is 5.64. The highest BCUT2D eigenvalue weighted by Crippen LogP contribution is 2.24. The molecule has 2 aromatic carbocycles. The minimum Gasteiger partial charge on any atom is -0.488 e. The highest BCUT2D eigenvalue weighted by molar-refractivity contribution is 5.91. The van der Waals surface area contributed by atoms with Gasteiger partial charge in [0.15, 0.2) is 0 Å². The molecule has 0 fully saturated rings. The third kappa shape index (κ3) is 5.08. The topological polar surface area (TPSA) is 78.8 Å². The van der Waals surface area contributed by atoms with E-state index in [9.17, 15) is 15.0 Å². The molecule has 0 aliphatic carbocycles. The predicted octanol–water partition coefficient (Wildman–Crippen LogP) is 3.00. The predicted molar refractivity (Wildman–Crippen MR) is 92.3 cm³/mol. The number of carbonyl (C=O) groups is 1. The van der Waals surface area contributed by atoms with Crippen LogP contribution in [-0.2, 0) is 6.61 Å². The minimum atomic E-state index is -1.08. The lowest BCUT2D eigenvalue weighted by molar-refractivity contribution is 0.0691. The summed E-state index contributed by atoms with van der Waals surface area (Å²) in [7, 11) is 0. The van der Waals surface area contributed by atoms with Crippen LogP contribution in [0, 0.1) is 0 Å². The zero-order chi connectivity index (χ0) is 17.5. The SMILES string of the molecule is CC(C)NCC(O)c1ccc(OCc2ccccc2)c(C(=O)O)c1. The normalized spacial score (nSPS) is 12.2.